The molecular formula is C16H12Cl2N2O2S. The number of benzene rings is 2. The van der Waals surface area contributed by atoms with Crippen molar-refractivity contribution in [2.45, 2.75) is 11.4 Å². The van der Waals surface area contributed by atoms with E-state index in [1.54, 1.807) is 40.6 Å². The molecule has 1 N–H and O–H groups in total. The van der Waals surface area contributed by atoms with Gasteiger partial charge >= 0.3 is 0 Å². The van der Waals surface area contributed by atoms with E-state index in [2.05, 4.69) is 5.18 Å². The molecule has 1 heterocycles. The maximum atomic E-state index is 11.1. The number of hydrogen-bond acceptors (Lipinski definition) is 4. The molecule has 0 atom stereocenters. The normalized spacial score (nSPS) is 11.1. The number of fused-ring (bicyclic) bond motifs is 1. The van der Waals surface area contributed by atoms with E-state index in [1.807, 2.05) is 18.4 Å². The van der Waals surface area contributed by atoms with E-state index in [-0.39, 0.29) is 18.1 Å². The van der Waals surface area contributed by atoms with Gasteiger partial charge in [-0.25, -0.2) is 0 Å². The Morgan fingerprint density at radius 3 is 2.52 bits per heavy atom. The number of nitrogens with zero attached hydrogens (tertiary/aromatic N) is 2. The van der Waals surface area contributed by atoms with Gasteiger partial charge in [0.05, 0.1) is 12.1 Å². The molecule has 1 aromatic heterocycles. The number of halogens is 2. The Labute approximate surface area is 147 Å². The van der Waals surface area contributed by atoms with Crippen molar-refractivity contribution in [2.24, 2.45) is 5.18 Å². The van der Waals surface area contributed by atoms with Crippen LogP contribution >= 0.6 is 35.0 Å². The van der Waals surface area contributed by atoms with Gasteiger partial charge in [-0.2, -0.15) is 0 Å². The second-order valence-corrected chi connectivity index (χ2v) is 6.63. The minimum absolute atomic E-state index is 0.0239. The molecule has 3 aromatic rings. The number of hydrogen-bond donors (Lipinski definition) is 1. The van der Waals surface area contributed by atoms with Crippen LogP contribution in [-0.2, 0) is 6.54 Å². The fourth-order valence-electron chi connectivity index (χ4n) is 2.52. The summed E-state index contributed by atoms with van der Waals surface area (Å²) in [4.78, 5) is 12.1. The number of rotatable bonds is 4. The van der Waals surface area contributed by atoms with Crippen LogP contribution in [-0.4, -0.2) is 15.9 Å². The van der Waals surface area contributed by atoms with Crippen LogP contribution in [0.1, 0.15) is 5.56 Å². The Morgan fingerprint density at radius 1 is 1.22 bits per heavy atom. The van der Waals surface area contributed by atoms with E-state index < -0.39 is 0 Å². The molecule has 0 fully saturated rings. The third-order valence-electron chi connectivity index (χ3n) is 3.69. The van der Waals surface area contributed by atoms with E-state index >= 15 is 0 Å². The molecule has 0 amide bonds. The Balaban J connectivity index is 2.24. The van der Waals surface area contributed by atoms with Crippen molar-refractivity contribution >= 4 is 51.6 Å². The van der Waals surface area contributed by atoms with E-state index in [0.717, 1.165) is 4.90 Å². The summed E-state index contributed by atoms with van der Waals surface area (Å²) in [5.41, 5.74) is 1.41. The zero-order valence-corrected chi connectivity index (χ0v) is 14.4. The molecule has 3 rings (SSSR count). The van der Waals surface area contributed by atoms with Crippen molar-refractivity contribution in [1.29, 1.82) is 0 Å². The zero-order chi connectivity index (χ0) is 16.6. The largest absolute Gasteiger partial charge is 0.493 e. The maximum Gasteiger partial charge on any atom is 0.222 e. The van der Waals surface area contributed by atoms with Gasteiger partial charge < -0.3 is 9.67 Å². The first-order valence-corrected chi connectivity index (χ1v) is 8.70. The molecule has 0 saturated carbocycles. The van der Waals surface area contributed by atoms with Gasteiger partial charge in [-0.15, -0.1) is 16.7 Å². The lowest BCUT2D eigenvalue weighted by Crippen LogP contribution is -2.00. The van der Waals surface area contributed by atoms with Crippen molar-refractivity contribution in [3.8, 4) is 5.88 Å². The summed E-state index contributed by atoms with van der Waals surface area (Å²) in [6.07, 6.45) is 1.96. The fourth-order valence-corrected chi connectivity index (χ4v) is 3.47. The summed E-state index contributed by atoms with van der Waals surface area (Å²) in [5.74, 6) is -0.191. The van der Waals surface area contributed by atoms with Gasteiger partial charge in [0.1, 0.15) is 0 Å². The van der Waals surface area contributed by atoms with Crippen LogP contribution in [0.3, 0.4) is 0 Å². The number of nitroso groups, excluding NO2 is 1. The van der Waals surface area contributed by atoms with Gasteiger partial charge in [0.15, 0.2) is 5.69 Å². The molecule has 0 unspecified atom stereocenters. The first kappa shape index (κ1) is 16.2. The second kappa shape index (κ2) is 6.43. The van der Waals surface area contributed by atoms with E-state index in [1.165, 1.54) is 0 Å². The van der Waals surface area contributed by atoms with Gasteiger partial charge in [-0.05, 0) is 41.8 Å². The first-order valence-electron chi connectivity index (χ1n) is 6.72. The lowest BCUT2D eigenvalue weighted by Gasteiger charge is -2.11. The summed E-state index contributed by atoms with van der Waals surface area (Å²) < 4.78 is 1.60. The van der Waals surface area contributed by atoms with Gasteiger partial charge in [0.25, 0.3) is 0 Å². The molecule has 23 heavy (non-hydrogen) atoms. The van der Waals surface area contributed by atoms with Gasteiger partial charge in [-0.1, -0.05) is 29.3 Å². The molecule has 7 heteroatoms. The summed E-state index contributed by atoms with van der Waals surface area (Å²) in [6, 6.07) is 10.8. The van der Waals surface area contributed by atoms with E-state index in [0.29, 0.717) is 26.5 Å². The van der Waals surface area contributed by atoms with Crippen molar-refractivity contribution < 1.29 is 5.11 Å². The second-order valence-electron chi connectivity index (χ2n) is 4.93. The molecule has 0 spiro atoms. The number of aromatic nitrogens is 1. The SMILES string of the molecule is CSc1ccc2c(N=O)c(O)n(Cc3c(Cl)cccc3Cl)c2c1. The quantitative estimate of drug-likeness (QED) is 0.467. The van der Waals surface area contributed by atoms with Crippen LogP contribution in [0.25, 0.3) is 10.9 Å². The molecule has 0 aliphatic heterocycles. The predicted octanol–water partition coefficient (Wildman–Crippen LogP) is 5.82. The fraction of sp³-hybridized carbons (Fsp3) is 0.125. The van der Waals surface area contributed by atoms with Crippen LogP contribution in [0.15, 0.2) is 46.5 Å². The third kappa shape index (κ3) is 2.80. The molecule has 4 nitrogen and oxygen atoms in total. The zero-order valence-electron chi connectivity index (χ0n) is 12.1. The monoisotopic (exact) mass is 366 g/mol. The molecule has 0 aliphatic carbocycles. The highest BCUT2D eigenvalue weighted by molar-refractivity contribution is 7.98. The Morgan fingerprint density at radius 2 is 1.91 bits per heavy atom. The van der Waals surface area contributed by atoms with Crippen LogP contribution in [0, 0.1) is 4.91 Å². The Bertz CT molecular complexity index is 888. The summed E-state index contributed by atoms with van der Waals surface area (Å²) in [7, 11) is 0. The number of thioether (sulfide) groups is 1. The smallest absolute Gasteiger partial charge is 0.222 e. The van der Waals surface area contributed by atoms with Crippen molar-refractivity contribution in [1.82, 2.24) is 4.57 Å². The highest BCUT2D eigenvalue weighted by Gasteiger charge is 2.19. The van der Waals surface area contributed by atoms with Crippen molar-refractivity contribution in [2.75, 3.05) is 6.26 Å². The average molecular weight is 367 g/mol. The first-order chi connectivity index (χ1) is 11.1. The molecule has 0 radical (unpaired) electrons. The van der Waals surface area contributed by atoms with E-state index in [9.17, 15) is 10.0 Å². The third-order valence-corrected chi connectivity index (χ3v) is 5.12. The minimum atomic E-state index is -0.191. The lowest BCUT2D eigenvalue weighted by atomic mass is 10.2. The highest BCUT2D eigenvalue weighted by Crippen LogP contribution is 2.41. The molecular weight excluding hydrogens is 355 g/mol. The van der Waals surface area contributed by atoms with Gasteiger partial charge in [-0.3, -0.25) is 0 Å². The summed E-state index contributed by atoms with van der Waals surface area (Å²) in [6.45, 7) is 0.244. The van der Waals surface area contributed by atoms with Gasteiger partial charge in [0, 0.05) is 25.9 Å². The Hall–Kier alpha value is -1.69. The van der Waals surface area contributed by atoms with Crippen LogP contribution < -0.4 is 0 Å². The van der Waals surface area contributed by atoms with Gasteiger partial charge in [0.2, 0.25) is 5.88 Å². The molecule has 0 bridgehead atoms. The predicted molar refractivity (Wildman–Crippen MR) is 96.4 cm³/mol. The molecule has 2 aromatic carbocycles. The summed E-state index contributed by atoms with van der Waals surface area (Å²) in [5, 5.41) is 15.0. The van der Waals surface area contributed by atoms with Crippen LogP contribution in [0.2, 0.25) is 10.0 Å². The van der Waals surface area contributed by atoms with Crippen molar-refractivity contribution in [3.63, 3.8) is 0 Å². The molecule has 118 valence electrons. The average Bonchev–Trinajstić information content (AvgIpc) is 2.81. The van der Waals surface area contributed by atoms with E-state index in [4.69, 9.17) is 23.2 Å². The maximum absolute atomic E-state index is 11.1. The highest BCUT2D eigenvalue weighted by atomic mass is 35.5. The van der Waals surface area contributed by atoms with Crippen molar-refractivity contribution in [3.05, 3.63) is 56.9 Å². The standard InChI is InChI=1S/C16H12Cl2N2O2S/c1-23-9-5-6-10-14(7-9)20(16(21)15(10)19-22)8-11-12(17)3-2-4-13(11)18/h2-7,21H,8H2,1H3. The Kier molecular flexibility index (Phi) is 4.53. The molecule has 0 aliphatic rings. The number of aromatic hydroxyl groups is 1. The van der Waals surface area contributed by atoms with Crippen LogP contribution in [0.5, 0.6) is 5.88 Å². The minimum Gasteiger partial charge on any atom is -0.493 e. The molecule has 0 saturated heterocycles. The summed E-state index contributed by atoms with van der Waals surface area (Å²) >= 11 is 14.0. The van der Waals surface area contributed by atoms with Crippen LogP contribution in [0.4, 0.5) is 5.69 Å². The topological polar surface area (TPSA) is 54.6 Å². The lowest BCUT2D eigenvalue weighted by molar-refractivity contribution is 0.430.